The van der Waals surface area contributed by atoms with Crippen molar-refractivity contribution in [3.8, 4) is 0 Å². The quantitative estimate of drug-likeness (QED) is 0.643. The van der Waals surface area contributed by atoms with Crippen LogP contribution in [-0.4, -0.2) is 64.4 Å². The number of quaternary nitrogens is 1. The molecular formula is C21H24FN6O2+. The van der Waals surface area contributed by atoms with Crippen LogP contribution in [0.2, 0.25) is 0 Å². The molecule has 156 valence electrons. The van der Waals surface area contributed by atoms with Gasteiger partial charge in [0, 0.05) is 17.8 Å². The van der Waals surface area contributed by atoms with Crippen molar-refractivity contribution in [2.75, 3.05) is 38.0 Å². The average molecular weight is 411 g/mol. The molecule has 3 aromatic rings. The second kappa shape index (κ2) is 8.58. The smallest absolute Gasteiger partial charge is 0.279 e. The molecule has 2 amide bonds. The Labute approximate surface area is 173 Å². The highest BCUT2D eigenvalue weighted by atomic mass is 19.1. The molecule has 8 nitrogen and oxygen atoms in total. The van der Waals surface area contributed by atoms with Crippen LogP contribution < -0.4 is 10.2 Å². The molecule has 0 aliphatic carbocycles. The van der Waals surface area contributed by atoms with Crippen LogP contribution in [0.15, 0.2) is 42.5 Å². The summed E-state index contributed by atoms with van der Waals surface area (Å²) in [6.07, 6.45) is 0. The number of halogens is 1. The number of carbonyl (C=O) groups excluding carboxylic acids is 2. The Balaban J connectivity index is 1.31. The number of hydrogen-bond donors (Lipinski definition) is 2. The van der Waals surface area contributed by atoms with Gasteiger partial charge >= 0.3 is 0 Å². The number of nitrogens with zero attached hydrogens (tertiary/aromatic N) is 4. The summed E-state index contributed by atoms with van der Waals surface area (Å²) < 4.78 is 14.8. The first-order valence-corrected chi connectivity index (χ1v) is 10.0. The Morgan fingerprint density at radius 3 is 2.57 bits per heavy atom. The minimum absolute atomic E-state index is 0.0298. The summed E-state index contributed by atoms with van der Waals surface area (Å²) in [6, 6.07) is 11.2. The second-order valence-corrected chi connectivity index (χ2v) is 7.38. The van der Waals surface area contributed by atoms with E-state index < -0.39 is 0 Å². The lowest BCUT2D eigenvalue weighted by atomic mass is 10.1. The first kappa shape index (κ1) is 20.0. The third-order valence-electron chi connectivity index (χ3n) is 5.36. The van der Waals surface area contributed by atoms with E-state index in [9.17, 15) is 14.0 Å². The number of fused-ring (bicyclic) bond motifs is 1. The van der Waals surface area contributed by atoms with Crippen LogP contribution >= 0.6 is 0 Å². The minimum Gasteiger partial charge on any atom is -0.327 e. The molecule has 1 aliphatic heterocycles. The number of rotatable bonds is 5. The Morgan fingerprint density at radius 2 is 1.87 bits per heavy atom. The van der Waals surface area contributed by atoms with Gasteiger partial charge in [-0.05, 0) is 49.4 Å². The lowest BCUT2D eigenvalue weighted by Gasteiger charge is -2.32. The molecular weight excluding hydrogens is 387 g/mol. The predicted octanol–water partition coefficient (Wildman–Crippen LogP) is 0.570. The molecule has 9 heteroatoms. The van der Waals surface area contributed by atoms with E-state index in [0.29, 0.717) is 49.5 Å². The van der Waals surface area contributed by atoms with Crippen LogP contribution in [-0.2, 0) is 11.3 Å². The van der Waals surface area contributed by atoms with E-state index in [4.69, 9.17) is 0 Å². The third-order valence-corrected chi connectivity index (χ3v) is 5.36. The van der Waals surface area contributed by atoms with Crippen molar-refractivity contribution in [3.63, 3.8) is 0 Å². The number of benzene rings is 2. The lowest BCUT2D eigenvalue weighted by molar-refractivity contribution is -0.895. The van der Waals surface area contributed by atoms with Crippen LogP contribution in [0.1, 0.15) is 17.3 Å². The fourth-order valence-electron chi connectivity index (χ4n) is 3.69. The van der Waals surface area contributed by atoms with E-state index in [2.05, 4.69) is 15.6 Å². The highest BCUT2D eigenvalue weighted by Gasteiger charge is 2.26. The highest BCUT2D eigenvalue weighted by molar-refractivity contribution is 5.97. The van der Waals surface area contributed by atoms with Crippen molar-refractivity contribution in [3.05, 3.63) is 53.8 Å². The number of carbonyl (C=O) groups is 2. The van der Waals surface area contributed by atoms with Crippen molar-refractivity contribution in [1.82, 2.24) is 19.9 Å². The molecule has 2 heterocycles. The summed E-state index contributed by atoms with van der Waals surface area (Å²) >= 11 is 0. The summed E-state index contributed by atoms with van der Waals surface area (Å²) in [7, 11) is 0. The molecule has 2 aromatic carbocycles. The van der Waals surface area contributed by atoms with Crippen LogP contribution in [0, 0.1) is 5.82 Å². The van der Waals surface area contributed by atoms with E-state index >= 15 is 0 Å². The number of amides is 2. The molecule has 0 bridgehead atoms. The largest absolute Gasteiger partial charge is 0.327 e. The number of aromatic nitrogens is 3. The predicted molar refractivity (Wildman–Crippen MR) is 110 cm³/mol. The highest BCUT2D eigenvalue weighted by Crippen LogP contribution is 2.15. The Bertz CT molecular complexity index is 1060. The van der Waals surface area contributed by atoms with E-state index in [1.165, 1.54) is 24.3 Å². The van der Waals surface area contributed by atoms with Crippen molar-refractivity contribution < 1.29 is 18.9 Å². The number of nitrogens with one attached hydrogen (secondary N) is 2. The topological polar surface area (TPSA) is 84.6 Å². The van der Waals surface area contributed by atoms with E-state index in [1.807, 2.05) is 24.0 Å². The molecule has 1 aliphatic rings. The molecule has 0 radical (unpaired) electrons. The number of hydrogen-bond acceptors (Lipinski definition) is 4. The Hall–Kier alpha value is -3.33. The van der Waals surface area contributed by atoms with Gasteiger partial charge in [0.2, 0.25) is 0 Å². The van der Waals surface area contributed by atoms with Crippen LogP contribution in [0.25, 0.3) is 11.0 Å². The molecule has 1 aromatic heterocycles. The zero-order valence-corrected chi connectivity index (χ0v) is 16.8. The zero-order valence-electron chi connectivity index (χ0n) is 16.8. The average Bonchev–Trinajstić information content (AvgIpc) is 3.18. The van der Waals surface area contributed by atoms with Crippen molar-refractivity contribution in [2.45, 2.75) is 13.5 Å². The van der Waals surface area contributed by atoms with Gasteiger partial charge in [0.1, 0.15) is 11.3 Å². The maximum atomic E-state index is 13.0. The standard InChI is InChI=1S/C21H23FN6O2/c1-2-28-19-8-3-15(13-18(19)24-25-28)21(30)27-11-9-26(10-12-27)14-20(29)23-17-6-4-16(22)5-7-17/h3-8,13H,2,9-12,14H2,1H3,(H,23,29)/p+1. The molecule has 4 rings (SSSR count). The maximum absolute atomic E-state index is 13.0. The van der Waals surface area contributed by atoms with Crippen molar-refractivity contribution >= 4 is 28.5 Å². The monoisotopic (exact) mass is 411 g/mol. The van der Waals surface area contributed by atoms with Gasteiger partial charge in [-0.15, -0.1) is 5.10 Å². The first-order valence-electron chi connectivity index (χ1n) is 10.0. The zero-order chi connectivity index (χ0) is 21.1. The molecule has 30 heavy (non-hydrogen) atoms. The molecule has 1 saturated heterocycles. The number of anilines is 1. The molecule has 1 fully saturated rings. The van der Waals surface area contributed by atoms with Crippen molar-refractivity contribution in [2.24, 2.45) is 0 Å². The van der Waals surface area contributed by atoms with Gasteiger partial charge < -0.3 is 15.1 Å². The van der Waals surface area contributed by atoms with Crippen LogP contribution in [0.3, 0.4) is 0 Å². The normalized spacial score (nSPS) is 14.8. The summed E-state index contributed by atoms with van der Waals surface area (Å²) in [6.45, 7) is 5.58. The summed E-state index contributed by atoms with van der Waals surface area (Å²) in [5.74, 6) is -0.493. The van der Waals surface area contributed by atoms with Gasteiger partial charge in [0.25, 0.3) is 11.8 Å². The van der Waals surface area contributed by atoms with Gasteiger partial charge in [-0.3, -0.25) is 9.59 Å². The molecule has 0 unspecified atom stereocenters. The Morgan fingerprint density at radius 1 is 1.13 bits per heavy atom. The minimum atomic E-state index is -0.339. The number of aryl methyl sites for hydroxylation is 1. The Kier molecular flexibility index (Phi) is 5.71. The maximum Gasteiger partial charge on any atom is 0.279 e. The summed E-state index contributed by atoms with van der Waals surface area (Å²) in [5, 5.41) is 11.0. The molecule has 0 spiro atoms. The summed E-state index contributed by atoms with van der Waals surface area (Å²) in [5.41, 5.74) is 2.80. The molecule has 2 N–H and O–H groups in total. The fraction of sp³-hybridized carbons (Fsp3) is 0.333. The third kappa shape index (κ3) is 4.30. The van der Waals surface area contributed by atoms with Gasteiger partial charge in [-0.25, -0.2) is 9.07 Å². The van der Waals surface area contributed by atoms with Gasteiger partial charge in [-0.1, -0.05) is 5.21 Å². The van der Waals surface area contributed by atoms with Crippen LogP contribution in [0.5, 0.6) is 0 Å². The number of piperazine rings is 1. The van der Waals surface area contributed by atoms with Crippen molar-refractivity contribution in [1.29, 1.82) is 0 Å². The van der Waals surface area contributed by atoms with E-state index in [0.717, 1.165) is 17.0 Å². The SMILES string of the molecule is CCn1nnc2cc(C(=O)N3CC[NH+](CC(=O)Nc4ccc(F)cc4)CC3)ccc21. The van der Waals surface area contributed by atoms with Gasteiger partial charge in [-0.2, -0.15) is 0 Å². The van der Waals surface area contributed by atoms with Gasteiger partial charge in [0.05, 0.1) is 31.7 Å². The first-order chi connectivity index (χ1) is 14.5. The summed E-state index contributed by atoms with van der Waals surface area (Å²) in [4.78, 5) is 28.0. The fourth-order valence-corrected chi connectivity index (χ4v) is 3.69. The van der Waals surface area contributed by atoms with E-state index in [1.54, 1.807) is 10.7 Å². The van der Waals surface area contributed by atoms with E-state index in [-0.39, 0.29) is 17.6 Å². The lowest BCUT2D eigenvalue weighted by Crippen LogP contribution is -3.15. The molecule has 0 saturated carbocycles. The van der Waals surface area contributed by atoms with Crippen LogP contribution in [0.4, 0.5) is 10.1 Å². The second-order valence-electron chi connectivity index (χ2n) is 7.38. The molecule has 0 atom stereocenters. The van der Waals surface area contributed by atoms with Gasteiger partial charge in [0.15, 0.2) is 6.54 Å².